The molecule has 6 rings (SSSR count). The lowest BCUT2D eigenvalue weighted by atomic mass is 10.1. The maximum Gasteiger partial charge on any atom is 0.381 e. The maximum absolute atomic E-state index is 13.2. The van der Waals surface area contributed by atoms with E-state index in [0.717, 1.165) is 18.4 Å². The number of non-ortho nitro benzene ring substituents is 1. The molecule has 2 aromatic carbocycles. The van der Waals surface area contributed by atoms with Crippen LogP contribution in [0.1, 0.15) is 31.1 Å². The molecule has 4 unspecified atom stereocenters. The Balaban J connectivity index is 1.17. The molecular formula is C28H29ClN3O10PS. The Labute approximate surface area is 262 Å². The van der Waals surface area contributed by atoms with E-state index in [1.54, 1.807) is 42.5 Å². The number of nitro groups is 1. The summed E-state index contributed by atoms with van der Waals surface area (Å²) >= 11 is 12.0. The van der Waals surface area contributed by atoms with Crippen molar-refractivity contribution >= 4 is 35.8 Å². The van der Waals surface area contributed by atoms with Crippen LogP contribution in [0.25, 0.3) is 0 Å². The third kappa shape index (κ3) is 7.13. The number of aromatic nitrogens is 2. The number of ether oxygens (including phenoxy) is 4. The molecule has 3 aromatic rings. The van der Waals surface area contributed by atoms with Crippen LogP contribution in [0.4, 0.5) is 5.69 Å². The largest absolute Gasteiger partial charge is 0.477 e. The van der Waals surface area contributed by atoms with Gasteiger partial charge in [-0.3, -0.25) is 23.7 Å². The Morgan fingerprint density at radius 3 is 2.70 bits per heavy atom. The van der Waals surface area contributed by atoms with Gasteiger partial charge in [0, 0.05) is 49.2 Å². The predicted molar refractivity (Wildman–Crippen MR) is 160 cm³/mol. The van der Waals surface area contributed by atoms with Gasteiger partial charge in [0.05, 0.1) is 23.2 Å². The van der Waals surface area contributed by atoms with E-state index in [1.165, 1.54) is 22.9 Å². The SMILES string of the molecule is O=c1nc(OCCc2ccc([N+](=O)[O-])cc2)ccn1[C@@H]1O[C@@H]2COP(=S)(Oc3ccccc3Cl)OC2C1OC1CCCCO1. The van der Waals surface area contributed by atoms with Crippen LogP contribution in [0.2, 0.25) is 5.02 Å². The fourth-order valence-corrected chi connectivity index (χ4v) is 7.48. The number of fused-ring (bicyclic) bond motifs is 1. The molecule has 0 aliphatic carbocycles. The highest BCUT2D eigenvalue weighted by Crippen LogP contribution is 2.58. The fraction of sp³-hybridized carbons (Fsp3) is 0.429. The van der Waals surface area contributed by atoms with Gasteiger partial charge >= 0.3 is 12.4 Å². The smallest absolute Gasteiger partial charge is 0.381 e. The van der Waals surface area contributed by atoms with Crippen LogP contribution in [0.3, 0.4) is 0 Å². The first-order valence-electron chi connectivity index (χ1n) is 14.0. The molecular weight excluding hydrogens is 637 g/mol. The van der Waals surface area contributed by atoms with Gasteiger partial charge < -0.3 is 23.5 Å². The quantitative estimate of drug-likeness (QED) is 0.164. The van der Waals surface area contributed by atoms with Crippen LogP contribution in [0.5, 0.6) is 11.6 Å². The summed E-state index contributed by atoms with van der Waals surface area (Å²) in [6.45, 7) is -2.49. The van der Waals surface area contributed by atoms with Crippen molar-refractivity contribution in [1.82, 2.24) is 9.55 Å². The van der Waals surface area contributed by atoms with E-state index in [4.69, 9.17) is 55.9 Å². The highest BCUT2D eigenvalue weighted by Gasteiger charge is 2.54. The number of para-hydroxylation sites is 1. The van der Waals surface area contributed by atoms with E-state index in [0.29, 0.717) is 30.2 Å². The van der Waals surface area contributed by atoms with Gasteiger partial charge in [0.2, 0.25) is 5.88 Å². The Bertz CT molecular complexity index is 1590. The molecule has 3 aliphatic rings. The van der Waals surface area contributed by atoms with Crippen molar-refractivity contribution in [3.63, 3.8) is 0 Å². The number of nitrogens with zero attached hydrogens (tertiary/aromatic N) is 3. The summed E-state index contributed by atoms with van der Waals surface area (Å²) in [6.07, 6.45) is 0.968. The molecule has 0 bridgehead atoms. The molecule has 13 nitrogen and oxygen atoms in total. The molecule has 44 heavy (non-hydrogen) atoms. The second-order valence-corrected chi connectivity index (χ2v) is 13.6. The fourth-order valence-electron chi connectivity index (χ4n) is 5.09. The Hall–Kier alpha value is -2.94. The summed E-state index contributed by atoms with van der Waals surface area (Å²) < 4.78 is 43.6. The van der Waals surface area contributed by atoms with Crippen LogP contribution in [0.15, 0.2) is 65.6 Å². The first-order valence-corrected chi connectivity index (χ1v) is 17.0. The standard InChI is InChI=1S/C28H29ClN3O10PS/c29-20-5-1-2-6-21(20)41-43(44)38-17-22-25(42-43)26(40-24-7-3-4-15-37-24)27(39-22)31-14-12-23(30-28(31)33)36-16-13-18-8-10-19(11-9-18)32(34)35/h1-2,5-6,8-12,14,22,24-27H,3-4,7,13,15-17H2/t22-,24?,25?,26?,27-,43?/m1/s1. The molecule has 234 valence electrons. The number of hydrogen-bond acceptors (Lipinski definition) is 12. The van der Waals surface area contributed by atoms with Gasteiger partial charge in [0.1, 0.15) is 24.1 Å². The van der Waals surface area contributed by atoms with Crippen molar-refractivity contribution in [2.75, 3.05) is 19.8 Å². The summed E-state index contributed by atoms with van der Waals surface area (Å²) in [5.74, 6) is 0.462. The molecule has 0 amide bonds. The topological polar surface area (TPSA) is 143 Å². The van der Waals surface area contributed by atoms with Crippen molar-refractivity contribution in [2.45, 2.75) is 56.5 Å². The first kappa shape index (κ1) is 31.1. The van der Waals surface area contributed by atoms with E-state index in [2.05, 4.69) is 4.98 Å². The highest BCUT2D eigenvalue weighted by molar-refractivity contribution is 8.07. The molecule has 0 saturated carbocycles. The summed E-state index contributed by atoms with van der Waals surface area (Å²) in [7, 11) is 0. The van der Waals surface area contributed by atoms with Crippen molar-refractivity contribution in [3.8, 4) is 11.6 Å². The second-order valence-electron chi connectivity index (χ2n) is 10.3. The van der Waals surface area contributed by atoms with Gasteiger partial charge in [-0.05, 0) is 37.0 Å². The molecule has 3 fully saturated rings. The predicted octanol–water partition coefficient (Wildman–Crippen LogP) is 4.95. The van der Waals surface area contributed by atoms with Crippen LogP contribution in [-0.4, -0.2) is 58.9 Å². The van der Waals surface area contributed by atoms with Gasteiger partial charge in [-0.15, -0.1) is 0 Å². The molecule has 4 heterocycles. The minimum Gasteiger partial charge on any atom is -0.477 e. The second kappa shape index (κ2) is 13.6. The first-order chi connectivity index (χ1) is 21.3. The van der Waals surface area contributed by atoms with Crippen LogP contribution in [0, 0.1) is 10.1 Å². The average molecular weight is 666 g/mol. The molecule has 16 heteroatoms. The zero-order valence-corrected chi connectivity index (χ0v) is 25.7. The van der Waals surface area contributed by atoms with Gasteiger partial charge in [0.15, 0.2) is 12.5 Å². The van der Waals surface area contributed by atoms with Crippen molar-refractivity contribution < 1.29 is 37.4 Å². The van der Waals surface area contributed by atoms with E-state index >= 15 is 0 Å². The van der Waals surface area contributed by atoms with Gasteiger partial charge in [-0.25, -0.2) is 4.79 Å². The van der Waals surface area contributed by atoms with Crippen LogP contribution in [-0.2, 0) is 41.5 Å². The number of benzene rings is 2. The van der Waals surface area contributed by atoms with E-state index in [-0.39, 0.29) is 24.8 Å². The Kier molecular flexibility index (Phi) is 9.59. The van der Waals surface area contributed by atoms with Gasteiger partial charge in [0.25, 0.3) is 5.69 Å². The third-order valence-corrected chi connectivity index (χ3v) is 9.79. The highest BCUT2D eigenvalue weighted by atomic mass is 35.5. The lowest BCUT2D eigenvalue weighted by molar-refractivity contribution is -0.384. The summed E-state index contributed by atoms with van der Waals surface area (Å²) in [5, 5.41) is 11.2. The molecule has 6 atom stereocenters. The summed E-state index contributed by atoms with van der Waals surface area (Å²) in [6, 6.07) is 14.6. The molecule has 0 spiro atoms. The number of rotatable bonds is 10. The molecule has 0 N–H and O–H groups in total. The molecule has 3 saturated heterocycles. The average Bonchev–Trinajstić information content (AvgIpc) is 3.35. The molecule has 1 aromatic heterocycles. The lowest BCUT2D eigenvalue weighted by Crippen LogP contribution is -2.44. The summed E-state index contributed by atoms with van der Waals surface area (Å²) in [4.78, 5) is 27.7. The lowest BCUT2D eigenvalue weighted by Gasteiger charge is -2.36. The maximum atomic E-state index is 13.2. The monoisotopic (exact) mass is 665 g/mol. The van der Waals surface area contributed by atoms with E-state index in [9.17, 15) is 14.9 Å². The van der Waals surface area contributed by atoms with Crippen molar-refractivity contribution in [1.29, 1.82) is 0 Å². The number of nitro benzene ring substituents is 1. The van der Waals surface area contributed by atoms with Crippen LogP contribution < -0.4 is 15.0 Å². The van der Waals surface area contributed by atoms with Gasteiger partial charge in [-0.2, -0.15) is 4.98 Å². The zero-order valence-electron chi connectivity index (χ0n) is 23.3. The number of hydrogen-bond donors (Lipinski definition) is 0. The minimum atomic E-state index is -3.31. The molecule has 0 radical (unpaired) electrons. The van der Waals surface area contributed by atoms with E-state index in [1.807, 2.05) is 0 Å². The Morgan fingerprint density at radius 1 is 1.16 bits per heavy atom. The summed E-state index contributed by atoms with van der Waals surface area (Å²) in [5.41, 5.74) is 0.237. The van der Waals surface area contributed by atoms with Crippen molar-refractivity contribution in [3.05, 3.63) is 92.0 Å². The normalized spacial score (nSPS) is 28.2. The molecule has 3 aliphatic heterocycles. The van der Waals surface area contributed by atoms with Gasteiger partial charge in [-0.1, -0.05) is 35.9 Å². The van der Waals surface area contributed by atoms with E-state index < -0.39 is 48.2 Å². The number of halogens is 1. The van der Waals surface area contributed by atoms with Crippen molar-refractivity contribution in [2.24, 2.45) is 0 Å². The minimum absolute atomic E-state index is 0.0107. The van der Waals surface area contributed by atoms with Crippen LogP contribution >= 0.6 is 18.3 Å². The zero-order chi connectivity index (χ0) is 30.7. The Morgan fingerprint density at radius 2 is 1.98 bits per heavy atom. The third-order valence-electron chi connectivity index (χ3n) is 7.29.